The summed E-state index contributed by atoms with van der Waals surface area (Å²) in [5.74, 6) is 0.160. The minimum atomic E-state index is 0.160. The number of aryl methyl sites for hydroxylation is 3. The lowest BCUT2D eigenvalue weighted by Gasteiger charge is -2.22. The van der Waals surface area contributed by atoms with Gasteiger partial charge in [0, 0.05) is 36.7 Å². The Morgan fingerprint density at radius 1 is 1.25 bits per heavy atom. The maximum absolute atomic E-state index is 12.4. The first-order valence-electron chi connectivity index (χ1n) is 6.87. The van der Waals surface area contributed by atoms with Gasteiger partial charge in [-0.2, -0.15) is 0 Å². The molecule has 0 aliphatic carbocycles. The van der Waals surface area contributed by atoms with Crippen LogP contribution in [-0.4, -0.2) is 17.4 Å². The standard InChI is InChI=1S/C16H20N2OS/c1-4-18(14-10-12(2)9-13(3)11-14)16(19)6-5-15-17-7-8-20-15/h7-11H,4-6H2,1-3H3. The van der Waals surface area contributed by atoms with Gasteiger partial charge in [-0.15, -0.1) is 11.3 Å². The lowest BCUT2D eigenvalue weighted by Crippen LogP contribution is -2.30. The molecule has 106 valence electrons. The molecule has 1 amide bonds. The largest absolute Gasteiger partial charge is 0.313 e. The van der Waals surface area contributed by atoms with Gasteiger partial charge in [0.2, 0.25) is 5.91 Å². The number of aromatic nitrogens is 1. The van der Waals surface area contributed by atoms with Crippen molar-refractivity contribution in [2.45, 2.75) is 33.6 Å². The zero-order valence-electron chi connectivity index (χ0n) is 12.2. The molecule has 0 bridgehead atoms. The first-order valence-corrected chi connectivity index (χ1v) is 7.75. The van der Waals surface area contributed by atoms with E-state index >= 15 is 0 Å². The van der Waals surface area contributed by atoms with E-state index in [1.807, 2.05) is 17.2 Å². The molecule has 20 heavy (non-hydrogen) atoms. The SMILES string of the molecule is CCN(C(=O)CCc1nccs1)c1cc(C)cc(C)c1. The second-order valence-corrected chi connectivity index (χ2v) is 5.89. The highest BCUT2D eigenvalue weighted by molar-refractivity contribution is 7.09. The van der Waals surface area contributed by atoms with Crippen LogP contribution in [0, 0.1) is 13.8 Å². The average Bonchev–Trinajstić information content (AvgIpc) is 2.89. The first kappa shape index (κ1) is 14.7. The highest BCUT2D eigenvalue weighted by atomic mass is 32.1. The Kier molecular flexibility index (Phi) is 4.90. The Morgan fingerprint density at radius 2 is 1.95 bits per heavy atom. The molecule has 0 fully saturated rings. The lowest BCUT2D eigenvalue weighted by molar-refractivity contribution is -0.118. The van der Waals surface area contributed by atoms with E-state index in [-0.39, 0.29) is 5.91 Å². The van der Waals surface area contributed by atoms with Gasteiger partial charge in [-0.1, -0.05) is 6.07 Å². The number of anilines is 1. The van der Waals surface area contributed by atoms with Crippen molar-refractivity contribution in [1.82, 2.24) is 4.98 Å². The number of rotatable bonds is 5. The minimum Gasteiger partial charge on any atom is -0.313 e. The molecule has 4 heteroatoms. The van der Waals surface area contributed by atoms with Gasteiger partial charge < -0.3 is 4.90 Å². The van der Waals surface area contributed by atoms with Gasteiger partial charge in [-0.05, 0) is 44.0 Å². The lowest BCUT2D eigenvalue weighted by atomic mass is 10.1. The Labute approximate surface area is 124 Å². The summed E-state index contributed by atoms with van der Waals surface area (Å²) in [7, 11) is 0. The summed E-state index contributed by atoms with van der Waals surface area (Å²) in [4.78, 5) is 18.5. The van der Waals surface area contributed by atoms with Gasteiger partial charge in [0.15, 0.2) is 0 Å². The third-order valence-corrected chi connectivity index (χ3v) is 4.01. The zero-order chi connectivity index (χ0) is 14.5. The third-order valence-electron chi connectivity index (χ3n) is 3.17. The zero-order valence-corrected chi connectivity index (χ0v) is 13.0. The summed E-state index contributed by atoms with van der Waals surface area (Å²) in [6.45, 7) is 6.83. The summed E-state index contributed by atoms with van der Waals surface area (Å²) in [5, 5.41) is 2.97. The van der Waals surface area contributed by atoms with Crippen LogP contribution in [0.4, 0.5) is 5.69 Å². The van der Waals surface area contributed by atoms with Crippen molar-refractivity contribution in [3.05, 3.63) is 45.9 Å². The van der Waals surface area contributed by atoms with E-state index in [1.165, 1.54) is 11.1 Å². The number of thiazole rings is 1. The number of carbonyl (C=O) groups excluding carboxylic acids is 1. The molecule has 0 N–H and O–H groups in total. The van der Waals surface area contributed by atoms with Crippen LogP contribution in [0.25, 0.3) is 0 Å². The van der Waals surface area contributed by atoms with Gasteiger partial charge >= 0.3 is 0 Å². The molecule has 0 saturated heterocycles. The molecule has 1 aromatic heterocycles. The fraction of sp³-hybridized carbons (Fsp3) is 0.375. The maximum Gasteiger partial charge on any atom is 0.227 e. The van der Waals surface area contributed by atoms with Crippen LogP contribution in [0.15, 0.2) is 29.8 Å². The molecule has 0 atom stereocenters. The summed E-state index contributed by atoms with van der Waals surface area (Å²) in [5.41, 5.74) is 3.37. The Bertz CT molecular complexity index is 558. The normalized spacial score (nSPS) is 10.6. The quantitative estimate of drug-likeness (QED) is 0.839. The monoisotopic (exact) mass is 288 g/mol. The summed E-state index contributed by atoms with van der Waals surface area (Å²) < 4.78 is 0. The van der Waals surface area contributed by atoms with Crippen LogP contribution in [0.2, 0.25) is 0 Å². The molecule has 0 saturated carbocycles. The Hall–Kier alpha value is -1.68. The van der Waals surface area contributed by atoms with E-state index in [2.05, 4.69) is 37.0 Å². The van der Waals surface area contributed by atoms with Gasteiger partial charge in [0.1, 0.15) is 0 Å². The molecule has 0 unspecified atom stereocenters. The van der Waals surface area contributed by atoms with Crippen LogP contribution in [-0.2, 0) is 11.2 Å². The molecule has 1 aromatic carbocycles. The van der Waals surface area contributed by atoms with Crippen molar-refractivity contribution in [2.75, 3.05) is 11.4 Å². The number of hydrogen-bond acceptors (Lipinski definition) is 3. The molecular weight excluding hydrogens is 268 g/mol. The number of amides is 1. The van der Waals surface area contributed by atoms with Crippen molar-refractivity contribution < 1.29 is 4.79 Å². The molecule has 0 aliphatic rings. The molecule has 2 aromatic rings. The van der Waals surface area contributed by atoms with Crippen molar-refractivity contribution in [2.24, 2.45) is 0 Å². The van der Waals surface area contributed by atoms with Crippen molar-refractivity contribution >= 4 is 22.9 Å². The number of carbonyl (C=O) groups is 1. The summed E-state index contributed by atoms with van der Waals surface area (Å²) in [6, 6.07) is 6.26. The van der Waals surface area contributed by atoms with Crippen LogP contribution in [0.1, 0.15) is 29.5 Å². The predicted octanol–water partition coefficient (Wildman–Crippen LogP) is 3.75. The Balaban J connectivity index is 2.08. The van der Waals surface area contributed by atoms with Gasteiger partial charge in [0.05, 0.1) is 5.01 Å². The van der Waals surface area contributed by atoms with Gasteiger partial charge in [-0.3, -0.25) is 4.79 Å². The highest BCUT2D eigenvalue weighted by Gasteiger charge is 2.14. The van der Waals surface area contributed by atoms with Gasteiger partial charge in [-0.25, -0.2) is 4.98 Å². The second kappa shape index (κ2) is 6.66. The highest BCUT2D eigenvalue weighted by Crippen LogP contribution is 2.20. The topological polar surface area (TPSA) is 33.2 Å². The average molecular weight is 288 g/mol. The number of nitrogens with zero attached hydrogens (tertiary/aromatic N) is 2. The second-order valence-electron chi connectivity index (χ2n) is 4.91. The fourth-order valence-electron chi connectivity index (χ4n) is 2.33. The summed E-state index contributed by atoms with van der Waals surface area (Å²) >= 11 is 1.60. The van der Waals surface area contributed by atoms with Crippen LogP contribution in [0.3, 0.4) is 0 Å². The van der Waals surface area contributed by atoms with Crippen LogP contribution < -0.4 is 4.90 Å². The predicted molar refractivity (Wildman–Crippen MR) is 84.4 cm³/mol. The molecule has 0 aliphatic heterocycles. The van der Waals surface area contributed by atoms with E-state index in [4.69, 9.17) is 0 Å². The van der Waals surface area contributed by atoms with Gasteiger partial charge in [0.25, 0.3) is 0 Å². The Morgan fingerprint density at radius 3 is 2.50 bits per heavy atom. The smallest absolute Gasteiger partial charge is 0.227 e. The molecule has 2 rings (SSSR count). The number of hydrogen-bond donors (Lipinski definition) is 0. The molecule has 3 nitrogen and oxygen atoms in total. The molecule has 1 heterocycles. The fourth-order valence-corrected chi connectivity index (χ4v) is 2.96. The first-order chi connectivity index (χ1) is 9.60. The minimum absolute atomic E-state index is 0.160. The van der Waals surface area contributed by atoms with E-state index in [1.54, 1.807) is 17.5 Å². The molecule has 0 radical (unpaired) electrons. The van der Waals surface area contributed by atoms with E-state index in [9.17, 15) is 4.79 Å². The number of benzene rings is 1. The van der Waals surface area contributed by atoms with Crippen molar-refractivity contribution in [3.8, 4) is 0 Å². The molecule has 0 spiro atoms. The maximum atomic E-state index is 12.4. The van der Waals surface area contributed by atoms with Crippen LogP contribution >= 0.6 is 11.3 Å². The third kappa shape index (κ3) is 3.67. The molecular formula is C16H20N2OS. The van der Waals surface area contributed by atoms with E-state index in [0.717, 1.165) is 17.1 Å². The summed E-state index contributed by atoms with van der Waals surface area (Å²) in [6.07, 6.45) is 3.01. The van der Waals surface area contributed by atoms with Crippen molar-refractivity contribution in [3.63, 3.8) is 0 Å². The van der Waals surface area contributed by atoms with Crippen molar-refractivity contribution in [1.29, 1.82) is 0 Å². The van der Waals surface area contributed by atoms with E-state index in [0.29, 0.717) is 13.0 Å². The van der Waals surface area contributed by atoms with E-state index < -0.39 is 0 Å². The van der Waals surface area contributed by atoms with Crippen LogP contribution in [0.5, 0.6) is 0 Å².